The molecule has 0 radical (unpaired) electrons. The van der Waals surface area contributed by atoms with E-state index in [0.29, 0.717) is 24.5 Å². The summed E-state index contributed by atoms with van der Waals surface area (Å²) >= 11 is 0. The number of carbonyl (C=O) groups excluding carboxylic acids is 1. The maximum Gasteiger partial charge on any atom is 0.261 e. The molecular formula is C25H22FN3O4. The fraction of sp³-hybridized carbons (Fsp3) is 0.240. The highest BCUT2D eigenvalue weighted by molar-refractivity contribution is 5.97. The van der Waals surface area contributed by atoms with E-state index in [1.54, 1.807) is 0 Å². The predicted octanol–water partition coefficient (Wildman–Crippen LogP) is 3.68. The molecule has 7 nitrogen and oxygen atoms in total. The van der Waals surface area contributed by atoms with E-state index in [4.69, 9.17) is 9.47 Å². The number of fused-ring (bicyclic) bond motifs is 2. The van der Waals surface area contributed by atoms with Gasteiger partial charge in [0.25, 0.3) is 5.56 Å². The Morgan fingerprint density at radius 2 is 1.94 bits per heavy atom. The molecule has 1 unspecified atom stereocenters. The van der Waals surface area contributed by atoms with E-state index >= 15 is 0 Å². The highest BCUT2D eigenvalue weighted by Gasteiger charge is 2.24. The summed E-state index contributed by atoms with van der Waals surface area (Å²) in [6, 6.07) is 13.2. The standard InChI is InChI=1S/C25H22FN3O4/c1-15-9-20(16(2)29(15)11-18-13-32-23-5-3-4-6-24(23)33-18)22(30)12-28-14-27-21-10-17(26)7-8-19(21)25(28)31/h3-10,14,18H,11-13H2,1-2H3. The minimum absolute atomic E-state index is 0.153. The number of halogens is 1. The Balaban J connectivity index is 1.37. The predicted molar refractivity (Wildman–Crippen MR) is 121 cm³/mol. The number of aryl methyl sites for hydroxylation is 1. The average molecular weight is 447 g/mol. The second-order valence-electron chi connectivity index (χ2n) is 8.16. The van der Waals surface area contributed by atoms with Crippen LogP contribution in [0.3, 0.4) is 0 Å². The number of para-hydroxylation sites is 2. The molecule has 0 N–H and O–H groups in total. The number of aromatic nitrogens is 3. The smallest absolute Gasteiger partial charge is 0.261 e. The molecule has 0 saturated carbocycles. The molecule has 0 saturated heterocycles. The van der Waals surface area contributed by atoms with E-state index < -0.39 is 5.82 Å². The first kappa shape index (κ1) is 20.9. The molecule has 1 aliphatic rings. The molecule has 1 aliphatic heterocycles. The van der Waals surface area contributed by atoms with Crippen molar-refractivity contribution < 1.29 is 18.7 Å². The minimum atomic E-state index is -0.466. The SMILES string of the molecule is Cc1cc(C(=O)Cn2cnc3cc(F)ccc3c2=O)c(C)n1CC1COc2ccccc2O1. The average Bonchev–Trinajstić information content (AvgIpc) is 3.09. The zero-order chi connectivity index (χ0) is 23.1. The molecule has 2 aromatic heterocycles. The van der Waals surface area contributed by atoms with Crippen LogP contribution >= 0.6 is 0 Å². The monoisotopic (exact) mass is 447 g/mol. The largest absolute Gasteiger partial charge is 0.486 e. The number of ketones is 1. The van der Waals surface area contributed by atoms with E-state index in [0.717, 1.165) is 17.1 Å². The van der Waals surface area contributed by atoms with Crippen molar-refractivity contribution >= 4 is 16.7 Å². The highest BCUT2D eigenvalue weighted by atomic mass is 19.1. The van der Waals surface area contributed by atoms with Crippen molar-refractivity contribution in [3.8, 4) is 11.5 Å². The zero-order valence-electron chi connectivity index (χ0n) is 18.2. The molecule has 0 aliphatic carbocycles. The van der Waals surface area contributed by atoms with Crippen LogP contribution in [0.1, 0.15) is 21.7 Å². The molecule has 4 aromatic rings. The summed E-state index contributed by atoms with van der Waals surface area (Å²) in [6.07, 6.45) is 1.09. The van der Waals surface area contributed by atoms with Crippen LogP contribution in [0.5, 0.6) is 11.5 Å². The molecule has 1 atom stereocenters. The Morgan fingerprint density at radius 3 is 2.76 bits per heavy atom. The molecule has 0 fully saturated rings. The second kappa shape index (κ2) is 8.20. The van der Waals surface area contributed by atoms with Crippen molar-refractivity contribution in [2.75, 3.05) is 6.61 Å². The lowest BCUT2D eigenvalue weighted by molar-refractivity contribution is 0.0777. The van der Waals surface area contributed by atoms with Crippen LogP contribution in [0.2, 0.25) is 0 Å². The number of benzene rings is 2. The molecule has 168 valence electrons. The first-order valence-electron chi connectivity index (χ1n) is 10.6. The lowest BCUT2D eigenvalue weighted by atomic mass is 10.1. The van der Waals surface area contributed by atoms with Crippen molar-refractivity contribution in [3.63, 3.8) is 0 Å². The maximum atomic E-state index is 13.4. The Kier molecular flexibility index (Phi) is 5.20. The third-order valence-electron chi connectivity index (χ3n) is 5.93. The Hall–Kier alpha value is -3.94. The van der Waals surface area contributed by atoms with Gasteiger partial charge in [0.1, 0.15) is 12.4 Å². The lowest BCUT2D eigenvalue weighted by Crippen LogP contribution is -2.33. The summed E-state index contributed by atoms with van der Waals surface area (Å²) < 4.78 is 28.6. The molecular weight excluding hydrogens is 425 g/mol. The number of ether oxygens (including phenoxy) is 2. The van der Waals surface area contributed by atoms with Crippen molar-refractivity contribution in [2.24, 2.45) is 0 Å². The van der Waals surface area contributed by atoms with Crippen LogP contribution in [0.15, 0.2) is 59.7 Å². The van der Waals surface area contributed by atoms with Gasteiger partial charge in [-0.3, -0.25) is 14.2 Å². The second-order valence-corrected chi connectivity index (χ2v) is 8.16. The zero-order valence-corrected chi connectivity index (χ0v) is 18.2. The van der Waals surface area contributed by atoms with Gasteiger partial charge in [-0.1, -0.05) is 12.1 Å². The van der Waals surface area contributed by atoms with Gasteiger partial charge in [-0.05, 0) is 44.2 Å². The molecule has 0 amide bonds. The lowest BCUT2D eigenvalue weighted by Gasteiger charge is -2.27. The van der Waals surface area contributed by atoms with Gasteiger partial charge in [0, 0.05) is 23.0 Å². The summed E-state index contributed by atoms with van der Waals surface area (Å²) in [5.41, 5.74) is 2.13. The van der Waals surface area contributed by atoms with E-state index in [1.165, 1.54) is 29.1 Å². The molecule has 5 rings (SSSR count). The quantitative estimate of drug-likeness (QED) is 0.437. The van der Waals surface area contributed by atoms with Crippen LogP contribution in [0, 0.1) is 19.7 Å². The number of carbonyl (C=O) groups is 1. The van der Waals surface area contributed by atoms with Crippen LogP contribution in [-0.4, -0.2) is 32.6 Å². The molecule has 0 bridgehead atoms. The van der Waals surface area contributed by atoms with Gasteiger partial charge in [0.15, 0.2) is 23.4 Å². The first-order chi connectivity index (χ1) is 15.9. The highest BCUT2D eigenvalue weighted by Crippen LogP contribution is 2.31. The van der Waals surface area contributed by atoms with E-state index in [-0.39, 0.29) is 34.9 Å². The fourth-order valence-corrected chi connectivity index (χ4v) is 4.21. The van der Waals surface area contributed by atoms with Gasteiger partial charge >= 0.3 is 0 Å². The summed E-state index contributed by atoms with van der Waals surface area (Å²) in [5.74, 6) is 0.760. The first-order valence-corrected chi connectivity index (χ1v) is 10.6. The van der Waals surface area contributed by atoms with Gasteiger partial charge < -0.3 is 14.0 Å². The van der Waals surface area contributed by atoms with Gasteiger partial charge in [0.2, 0.25) is 0 Å². The molecule has 3 heterocycles. The summed E-state index contributed by atoms with van der Waals surface area (Å²) in [4.78, 5) is 29.9. The number of hydrogen-bond acceptors (Lipinski definition) is 5. The molecule has 0 spiro atoms. The third kappa shape index (κ3) is 3.88. The van der Waals surface area contributed by atoms with Gasteiger partial charge in [-0.15, -0.1) is 0 Å². The summed E-state index contributed by atoms with van der Waals surface area (Å²) in [5, 5.41) is 0.270. The van der Waals surface area contributed by atoms with Crippen LogP contribution in [0.25, 0.3) is 10.9 Å². The topological polar surface area (TPSA) is 75.4 Å². The normalized spacial score (nSPS) is 15.1. The van der Waals surface area contributed by atoms with Gasteiger partial charge in [-0.2, -0.15) is 0 Å². The van der Waals surface area contributed by atoms with Crippen molar-refractivity contribution in [1.29, 1.82) is 0 Å². The van der Waals surface area contributed by atoms with Crippen LogP contribution in [0.4, 0.5) is 4.39 Å². The van der Waals surface area contributed by atoms with Crippen LogP contribution < -0.4 is 15.0 Å². The third-order valence-corrected chi connectivity index (χ3v) is 5.93. The van der Waals surface area contributed by atoms with Gasteiger partial charge in [0.05, 0.1) is 30.3 Å². The van der Waals surface area contributed by atoms with Crippen molar-refractivity contribution in [1.82, 2.24) is 14.1 Å². The summed E-state index contributed by atoms with van der Waals surface area (Å²) in [6.45, 7) is 4.60. The maximum absolute atomic E-state index is 13.4. The number of rotatable bonds is 5. The number of hydrogen-bond donors (Lipinski definition) is 0. The summed E-state index contributed by atoms with van der Waals surface area (Å²) in [7, 11) is 0. The molecule has 2 aromatic carbocycles. The molecule has 8 heteroatoms. The Bertz CT molecular complexity index is 1440. The Labute approximate surface area is 189 Å². The minimum Gasteiger partial charge on any atom is -0.486 e. The van der Waals surface area contributed by atoms with E-state index in [2.05, 4.69) is 4.98 Å². The fourth-order valence-electron chi connectivity index (χ4n) is 4.21. The van der Waals surface area contributed by atoms with E-state index in [1.807, 2.05) is 48.7 Å². The van der Waals surface area contributed by atoms with Crippen LogP contribution in [-0.2, 0) is 13.1 Å². The van der Waals surface area contributed by atoms with E-state index in [9.17, 15) is 14.0 Å². The molecule has 33 heavy (non-hydrogen) atoms. The number of Topliss-reactive ketones (excluding diaryl/α,β-unsaturated/α-hetero) is 1. The van der Waals surface area contributed by atoms with Crippen molar-refractivity contribution in [2.45, 2.75) is 33.0 Å². The number of nitrogens with zero attached hydrogens (tertiary/aromatic N) is 3. The Morgan fingerprint density at radius 1 is 1.15 bits per heavy atom. The van der Waals surface area contributed by atoms with Gasteiger partial charge in [-0.25, -0.2) is 9.37 Å². The van der Waals surface area contributed by atoms with Crippen molar-refractivity contribution in [3.05, 3.63) is 88.0 Å².